The molecule has 0 saturated heterocycles. The predicted octanol–water partition coefficient (Wildman–Crippen LogP) is 3.26. The second-order valence-electron chi connectivity index (χ2n) is 6.98. The van der Waals surface area contributed by atoms with Crippen molar-refractivity contribution in [2.45, 2.75) is 25.5 Å². The summed E-state index contributed by atoms with van der Waals surface area (Å²) in [5, 5.41) is 22.3. The Morgan fingerprint density at radius 2 is 1.79 bits per heavy atom. The summed E-state index contributed by atoms with van der Waals surface area (Å²) in [6.07, 6.45) is 2.28. The van der Waals surface area contributed by atoms with Crippen LogP contribution < -0.4 is 5.32 Å². The van der Waals surface area contributed by atoms with Gasteiger partial charge in [-0.05, 0) is 66.6 Å². The first-order chi connectivity index (χ1) is 13.3. The molecule has 148 valence electrons. The minimum atomic E-state index is -2.28. The quantitative estimate of drug-likeness (QED) is 0.578. The highest BCUT2D eigenvalue weighted by atomic mass is 32.2. The maximum atomic E-state index is 11.8. The molecule has 28 heavy (non-hydrogen) atoms. The van der Waals surface area contributed by atoms with E-state index >= 15 is 0 Å². The molecular weight excluding hydrogens is 382 g/mol. The Morgan fingerprint density at radius 1 is 1.11 bits per heavy atom. The highest BCUT2D eigenvalue weighted by Crippen LogP contribution is 2.36. The minimum absolute atomic E-state index is 0.0783. The van der Waals surface area contributed by atoms with Gasteiger partial charge < -0.3 is 20.1 Å². The lowest BCUT2D eigenvalue weighted by Gasteiger charge is -2.17. The van der Waals surface area contributed by atoms with Crippen molar-refractivity contribution in [2.75, 3.05) is 11.9 Å². The van der Waals surface area contributed by atoms with Gasteiger partial charge in [0.1, 0.15) is 0 Å². The molecule has 0 heterocycles. The van der Waals surface area contributed by atoms with Crippen LogP contribution in [0, 0.1) is 12.8 Å². The summed E-state index contributed by atoms with van der Waals surface area (Å²) in [7, 11) is 0. The van der Waals surface area contributed by atoms with Crippen LogP contribution in [0.25, 0.3) is 11.1 Å². The molecule has 8 heteroatoms. The fourth-order valence-electron chi connectivity index (χ4n) is 3.11. The molecule has 0 aromatic heterocycles. The SMILES string of the molecule is Cc1cc(-c2cc(CS(=O)[O-])ccc2NCC2CC2)c(C(=O)O)cc1C(=O)O. The Kier molecular flexibility index (Phi) is 5.81. The molecule has 1 saturated carbocycles. The number of carbonyl (C=O) groups is 2. The van der Waals surface area contributed by atoms with Gasteiger partial charge in [0, 0.05) is 23.5 Å². The molecule has 1 aliphatic rings. The number of hydrogen-bond donors (Lipinski definition) is 3. The van der Waals surface area contributed by atoms with E-state index in [1.807, 2.05) is 0 Å². The molecule has 3 N–H and O–H groups in total. The van der Waals surface area contributed by atoms with Crippen LogP contribution in [0.2, 0.25) is 0 Å². The van der Waals surface area contributed by atoms with E-state index < -0.39 is 23.0 Å². The van der Waals surface area contributed by atoms with E-state index in [1.165, 1.54) is 6.07 Å². The van der Waals surface area contributed by atoms with Crippen molar-refractivity contribution in [3.8, 4) is 11.1 Å². The first-order valence-electron chi connectivity index (χ1n) is 8.80. The van der Waals surface area contributed by atoms with Crippen molar-refractivity contribution in [1.82, 2.24) is 0 Å². The Morgan fingerprint density at radius 3 is 2.36 bits per heavy atom. The molecule has 1 aliphatic carbocycles. The van der Waals surface area contributed by atoms with Crippen molar-refractivity contribution in [3.63, 3.8) is 0 Å². The average Bonchev–Trinajstić information content (AvgIpc) is 3.43. The van der Waals surface area contributed by atoms with Crippen LogP contribution >= 0.6 is 0 Å². The van der Waals surface area contributed by atoms with Crippen molar-refractivity contribution in [1.29, 1.82) is 0 Å². The van der Waals surface area contributed by atoms with Crippen LogP contribution in [0.15, 0.2) is 30.3 Å². The number of carboxylic acids is 2. The number of carboxylic acid groups (broad SMARTS) is 2. The smallest absolute Gasteiger partial charge is 0.336 e. The maximum Gasteiger partial charge on any atom is 0.336 e. The Labute approximate surface area is 164 Å². The van der Waals surface area contributed by atoms with Gasteiger partial charge in [0.05, 0.1) is 11.1 Å². The molecule has 0 radical (unpaired) electrons. The standard InChI is InChI=1S/C20H21NO6S/c1-11-6-15(17(20(24)25)8-14(11)19(22)23)16-7-13(10-28(26)27)4-5-18(16)21-9-12-2-3-12/h4-8,12,21H,2-3,9-10H2,1H3,(H,22,23)(H,24,25)(H,26,27)/p-1. The molecule has 2 aromatic rings. The number of rotatable bonds is 8. The molecule has 1 fully saturated rings. The zero-order valence-corrected chi connectivity index (χ0v) is 16.0. The molecular formula is C20H20NO6S-. The van der Waals surface area contributed by atoms with Gasteiger partial charge in [-0.2, -0.15) is 0 Å². The van der Waals surface area contributed by atoms with E-state index in [0.29, 0.717) is 33.9 Å². The van der Waals surface area contributed by atoms with E-state index in [-0.39, 0.29) is 16.9 Å². The van der Waals surface area contributed by atoms with Gasteiger partial charge in [-0.3, -0.25) is 4.21 Å². The van der Waals surface area contributed by atoms with Crippen molar-refractivity contribution < 1.29 is 28.6 Å². The van der Waals surface area contributed by atoms with Crippen LogP contribution in [-0.4, -0.2) is 37.5 Å². The molecule has 7 nitrogen and oxygen atoms in total. The summed E-state index contributed by atoms with van der Waals surface area (Å²) in [5.41, 5.74) is 2.32. The summed E-state index contributed by atoms with van der Waals surface area (Å²) in [4.78, 5) is 23.2. The van der Waals surface area contributed by atoms with Crippen molar-refractivity contribution in [2.24, 2.45) is 5.92 Å². The predicted molar refractivity (Wildman–Crippen MR) is 104 cm³/mol. The Bertz CT molecular complexity index is 967. The second kappa shape index (κ2) is 8.12. The number of benzene rings is 2. The third kappa shape index (κ3) is 4.58. The van der Waals surface area contributed by atoms with Gasteiger partial charge >= 0.3 is 11.9 Å². The lowest BCUT2D eigenvalue weighted by molar-refractivity contribution is 0.0695. The van der Waals surface area contributed by atoms with Crippen LogP contribution in [0.4, 0.5) is 5.69 Å². The monoisotopic (exact) mass is 402 g/mol. The number of anilines is 1. The first kappa shape index (κ1) is 20.0. The zero-order valence-electron chi connectivity index (χ0n) is 15.2. The van der Waals surface area contributed by atoms with Gasteiger partial charge in [-0.1, -0.05) is 17.1 Å². The molecule has 0 aliphatic heterocycles. The van der Waals surface area contributed by atoms with Crippen LogP contribution in [0.1, 0.15) is 44.7 Å². The van der Waals surface area contributed by atoms with E-state index in [9.17, 15) is 28.6 Å². The fraction of sp³-hybridized carbons (Fsp3) is 0.300. The van der Waals surface area contributed by atoms with Gasteiger partial charge in [0.2, 0.25) is 0 Å². The third-order valence-corrected chi connectivity index (χ3v) is 5.33. The third-order valence-electron chi connectivity index (χ3n) is 4.76. The van der Waals surface area contributed by atoms with Gasteiger partial charge in [0.15, 0.2) is 0 Å². The van der Waals surface area contributed by atoms with E-state index in [2.05, 4.69) is 5.32 Å². The average molecular weight is 402 g/mol. The number of hydrogen-bond acceptors (Lipinski definition) is 5. The molecule has 0 amide bonds. The normalized spacial score (nSPS) is 14.5. The van der Waals surface area contributed by atoms with Crippen LogP contribution in [0.5, 0.6) is 0 Å². The Balaban J connectivity index is 2.15. The maximum absolute atomic E-state index is 11.8. The van der Waals surface area contributed by atoms with Crippen molar-refractivity contribution >= 4 is 28.7 Å². The largest absolute Gasteiger partial charge is 0.772 e. The van der Waals surface area contributed by atoms with E-state index in [4.69, 9.17) is 0 Å². The fourth-order valence-corrected chi connectivity index (χ4v) is 3.56. The summed E-state index contributed by atoms with van der Waals surface area (Å²) in [6, 6.07) is 7.76. The van der Waals surface area contributed by atoms with E-state index in [0.717, 1.165) is 25.5 Å². The summed E-state index contributed by atoms with van der Waals surface area (Å²) >= 11 is -2.28. The molecule has 3 rings (SSSR count). The molecule has 2 aromatic carbocycles. The highest BCUT2D eigenvalue weighted by molar-refractivity contribution is 7.78. The molecule has 1 unspecified atom stereocenters. The summed E-state index contributed by atoms with van der Waals surface area (Å²) < 4.78 is 22.2. The van der Waals surface area contributed by atoms with Gasteiger partial charge in [0.25, 0.3) is 0 Å². The topological polar surface area (TPSA) is 127 Å². The highest BCUT2D eigenvalue weighted by Gasteiger charge is 2.23. The van der Waals surface area contributed by atoms with Crippen molar-refractivity contribution in [3.05, 3.63) is 52.6 Å². The number of nitrogens with one attached hydrogen (secondary N) is 1. The number of aryl methyl sites for hydroxylation is 1. The Hall–Kier alpha value is -2.71. The molecule has 1 atom stereocenters. The summed E-state index contributed by atoms with van der Waals surface area (Å²) in [6.45, 7) is 2.35. The zero-order chi connectivity index (χ0) is 20.4. The van der Waals surface area contributed by atoms with Gasteiger partial charge in [-0.25, -0.2) is 9.59 Å². The minimum Gasteiger partial charge on any atom is -0.772 e. The lowest BCUT2D eigenvalue weighted by atomic mass is 9.92. The first-order valence-corrected chi connectivity index (χ1v) is 10.0. The van der Waals surface area contributed by atoms with Crippen LogP contribution in [-0.2, 0) is 16.8 Å². The number of aromatic carboxylic acids is 2. The summed E-state index contributed by atoms with van der Waals surface area (Å²) in [5.74, 6) is -2.06. The van der Waals surface area contributed by atoms with Crippen LogP contribution in [0.3, 0.4) is 0 Å². The molecule has 0 bridgehead atoms. The van der Waals surface area contributed by atoms with E-state index in [1.54, 1.807) is 25.1 Å². The molecule has 0 spiro atoms. The van der Waals surface area contributed by atoms with Gasteiger partial charge in [-0.15, -0.1) is 0 Å². The second-order valence-corrected chi connectivity index (χ2v) is 7.87. The lowest BCUT2D eigenvalue weighted by Crippen LogP contribution is -2.09.